The molecule has 1 unspecified atom stereocenters. The molecule has 0 saturated heterocycles. The number of carboxylic acids is 1. The number of anilines is 1. The lowest BCUT2D eigenvalue weighted by Gasteiger charge is -2.11. The number of aromatic nitrogens is 2. The summed E-state index contributed by atoms with van der Waals surface area (Å²) in [6.07, 6.45) is 2.31. The van der Waals surface area contributed by atoms with Crippen LogP contribution in [-0.2, 0) is 4.79 Å². The smallest absolute Gasteiger partial charge is 0.326 e. The zero-order chi connectivity index (χ0) is 15.4. The van der Waals surface area contributed by atoms with Gasteiger partial charge >= 0.3 is 5.97 Å². The summed E-state index contributed by atoms with van der Waals surface area (Å²) in [7, 11) is 0. The minimum absolute atomic E-state index is 0.0700. The molecule has 0 fully saturated rings. The molecule has 0 radical (unpaired) electrons. The van der Waals surface area contributed by atoms with Gasteiger partial charge in [-0.05, 0) is 19.1 Å². The number of hydrogen-bond donors (Lipinski definition) is 2. The van der Waals surface area contributed by atoms with Crippen LogP contribution < -0.4 is 10.9 Å². The molecule has 0 spiro atoms. The summed E-state index contributed by atoms with van der Waals surface area (Å²) < 4.78 is 0.947. The summed E-state index contributed by atoms with van der Waals surface area (Å²) in [5, 5.41) is 11.4. The molecule has 2 rings (SSSR count). The number of carbonyl (C=O) groups excluding carboxylic acids is 1. The molecule has 1 aromatic heterocycles. The summed E-state index contributed by atoms with van der Waals surface area (Å²) in [5.74, 6) is -1.62. The molecule has 1 heterocycles. The van der Waals surface area contributed by atoms with Gasteiger partial charge in [0.15, 0.2) is 0 Å². The second-order valence-electron chi connectivity index (χ2n) is 4.35. The van der Waals surface area contributed by atoms with Crippen molar-refractivity contribution in [3.8, 4) is 0 Å². The summed E-state index contributed by atoms with van der Waals surface area (Å²) in [5.41, 5.74) is -0.303. The second-order valence-corrected chi connectivity index (χ2v) is 4.35. The molecule has 0 saturated carbocycles. The highest BCUT2D eigenvalue weighted by Crippen LogP contribution is 2.06. The Morgan fingerprint density at radius 1 is 1.29 bits per heavy atom. The standard InChI is InChI=1S/C14H13N3O4/c1-9(14(20)21)17-8-15-7-11(13(17)19)16-12(18)10-5-3-2-4-6-10/h2-9H,1H3,(H,16,18)(H,20,21). The lowest BCUT2D eigenvalue weighted by atomic mass is 10.2. The fourth-order valence-electron chi connectivity index (χ4n) is 1.69. The van der Waals surface area contributed by atoms with Crippen molar-refractivity contribution in [2.24, 2.45) is 0 Å². The number of rotatable bonds is 4. The first-order valence-electron chi connectivity index (χ1n) is 6.16. The number of carbonyl (C=O) groups is 2. The molecule has 7 heteroatoms. The Bertz CT molecular complexity index is 724. The Hall–Kier alpha value is -2.96. The minimum Gasteiger partial charge on any atom is -0.480 e. The molecule has 0 aliphatic carbocycles. The van der Waals surface area contributed by atoms with Gasteiger partial charge in [0, 0.05) is 5.56 Å². The molecule has 21 heavy (non-hydrogen) atoms. The summed E-state index contributed by atoms with van der Waals surface area (Å²) >= 11 is 0. The zero-order valence-electron chi connectivity index (χ0n) is 11.2. The average molecular weight is 287 g/mol. The van der Waals surface area contributed by atoms with E-state index in [0.717, 1.165) is 10.9 Å². The molecule has 0 aliphatic rings. The number of amides is 1. The summed E-state index contributed by atoms with van der Waals surface area (Å²) in [4.78, 5) is 38.8. The van der Waals surface area contributed by atoms with Gasteiger partial charge in [-0.1, -0.05) is 18.2 Å². The van der Waals surface area contributed by atoms with E-state index < -0.39 is 23.5 Å². The monoisotopic (exact) mass is 287 g/mol. The molecule has 108 valence electrons. The van der Waals surface area contributed by atoms with Crippen molar-refractivity contribution in [3.63, 3.8) is 0 Å². The van der Waals surface area contributed by atoms with E-state index in [9.17, 15) is 14.4 Å². The van der Waals surface area contributed by atoms with Gasteiger partial charge in [0.25, 0.3) is 11.5 Å². The maximum Gasteiger partial charge on any atom is 0.326 e. The highest BCUT2D eigenvalue weighted by Gasteiger charge is 2.17. The third-order valence-electron chi connectivity index (χ3n) is 2.92. The van der Waals surface area contributed by atoms with Gasteiger partial charge in [0.1, 0.15) is 11.7 Å². The van der Waals surface area contributed by atoms with E-state index in [-0.39, 0.29) is 5.69 Å². The topological polar surface area (TPSA) is 101 Å². The lowest BCUT2D eigenvalue weighted by Crippen LogP contribution is -2.31. The van der Waals surface area contributed by atoms with Gasteiger partial charge in [-0.15, -0.1) is 0 Å². The predicted octanol–water partition coefficient (Wildman–Crippen LogP) is 1.14. The molecule has 0 aliphatic heterocycles. The maximum atomic E-state index is 12.1. The van der Waals surface area contributed by atoms with Gasteiger partial charge in [0.05, 0.1) is 12.5 Å². The van der Waals surface area contributed by atoms with Crippen LogP contribution >= 0.6 is 0 Å². The van der Waals surface area contributed by atoms with Crippen LogP contribution in [0.1, 0.15) is 23.3 Å². The number of nitrogens with zero attached hydrogens (tertiary/aromatic N) is 2. The SMILES string of the molecule is CC(C(=O)O)n1cncc(NC(=O)c2ccccc2)c1=O. The Morgan fingerprint density at radius 3 is 2.57 bits per heavy atom. The van der Waals surface area contributed by atoms with Gasteiger partial charge in [-0.3, -0.25) is 14.2 Å². The first-order chi connectivity index (χ1) is 10.0. The fraction of sp³-hybridized carbons (Fsp3) is 0.143. The van der Waals surface area contributed by atoms with Crippen molar-refractivity contribution in [1.29, 1.82) is 0 Å². The number of aliphatic carboxylic acids is 1. The van der Waals surface area contributed by atoms with E-state index >= 15 is 0 Å². The molecule has 1 aromatic carbocycles. The van der Waals surface area contributed by atoms with Gasteiger partial charge in [-0.2, -0.15) is 0 Å². The van der Waals surface area contributed by atoms with Crippen LogP contribution in [0.15, 0.2) is 47.7 Å². The van der Waals surface area contributed by atoms with Crippen molar-refractivity contribution >= 4 is 17.6 Å². The lowest BCUT2D eigenvalue weighted by molar-refractivity contribution is -0.140. The van der Waals surface area contributed by atoms with Crippen molar-refractivity contribution < 1.29 is 14.7 Å². The summed E-state index contributed by atoms with van der Waals surface area (Å²) in [6.45, 7) is 1.36. The fourth-order valence-corrected chi connectivity index (χ4v) is 1.69. The van der Waals surface area contributed by atoms with E-state index in [2.05, 4.69) is 10.3 Å². The maximum absolute atomic E-state index is 12.1. The van der Waals surface area contributed by atoms with E-state index in [1.54, 1.807) is 30.3 Å². The third-order valence-corrected chi connectivity index (χ3v) is 2.92. The highest BCUT2D eigenvalue weighted by atomic mass is 16.4. The minimum atomic E-state index is -1.16. The first-order valence-corrected chi connectivity index (χ1v) is 6.16. The number of carboxylic acid groups (broad SMARTS) is 1. The number of hydrogen-bond acceptors (Lipinski definition) is 4. The van der Waals surface area contributed by atoms with Crippen LogP contribution in [0.4, 0.5) is 5.69 Å². The molecule has 1 atom stereocenters. The molecule has 1 amide bonds. The van der Waals surface area contributed by atoms with Crippen LogP contribution in [-0.4, -0.2) is 26.5 Å². The van der Waals surface area contributed by atoms with E-state index in [4.69, 9.17) is 5.11 Å². The highest BCUT2D eigenvalue weighted by molar-refractivity contribution is 6.04. The van der Waals surface area contributed by atoms with Crippen molar-refractivity contribution in [3.05, 3.63) is 58.8 Å². The van der Waals surface area contributed by atoms with Gasteiger partial charge < -0.3 is 10.4 Å². The number of nitrogens with one attached hydrogen (secondary N) is 1. The van der Waals surface area contributed by atoms with Gasteiger partial charge in [-0.25, -0.2) is 9.78 Å². The molecule has 0 bridgehead atoms. The molecular weight excluding hydrogens is 274 g/mol. The third kappa shape index (κ3) is 3.14. The molecule has 2 N–H and O–H groups in total. The zero-order valence-corrected chi connectivity index (χ0v) is 11.2. The Morgan fingerprint density at radius 2 is 1.95 bits per heavy atom. The molecular formula is C14H13N3O4. The van der Waals surface area contributed by atoms with E-state index in [0.29, 0.717) is 5.56 Å². The quantitative estimate of drug-likeness (QED) is 0.878. The average Bonchev–Trinajstić information content (AvgIpc) is 2.49. The largest absolute Gasteiger partial charge is 0.480 e. The number of benzene rings is 1. The first kappa shape index (κ1) is 14.4. The van der Waals surface area contributed by atoms with Crippen LogP contribution in [0.3, 0.4) is 0 Å². The van der Waals surface area contributed by atoms with Crippen LogP contribution in [0.25, 0.3) is 0 Å². The Balaban J connectivity index is 2.30. The van der Waals surface area contributed by atoms with Crippen LogP contribution in [0.5, 0.6) is 0 Å². The Labute approximate surface area is 119 Å². The Kier molecular flexibility index (Phi) is 4.13. The second kappa shape index (κ2) is 6.00. The molecule has 2 aromatic rings. The molecule has 7 nitrogen and oxygen atoms in total. The van der Waals surface area contributed by atoms with Crippen molar-refractivity contribution in [2.75, 3.05) is 5.32 Å². The van der Waals surface area contributed by atoms with Crippen molar-refractivity contribution in [2.45, 2.75) is 13.0 Å². The van der Waals surface area contributed by atoms with Gasteiger partial charge in [0.2, 0.25) is 0 Å². The van der Waals surface area contributed by atoms with Crippen molar-refractivity contribution in [1.82, 2.24) is 9.55 Å². The van der Waals surface area contributed by atoms with E-state index in [1.807, 2.05) is 0 Å². The predicted molar refractivity (Wildman–Crippen MR) is 75.2 cm³/mol. The van der Waals surface area contributed by atoms with Crippen LogP contribution in [0, 0.1) is 0 Å². The van der Waals surface area contributed by atoms with Crippen LogP contribution in [0.2, 0.25) is 0 Å². The van der Waals surface area contributed by atoms with E-state index in [1.165, 1.54) is 13.1 Å². The summed E-state index contributed by atoms with van der Waals surface area (Å²) in [6, 6.07) is 7.29. The normalized spacial score (nSPS) is 11.7.